The molecule has 0 saturated carbocycles. The maximum absolute atomic E-state index is 8.69. The minimum atomic E-state index is -0.206. The minimum Gasteiger partial charge on any atom is -0.394 e. The topological polar surface area (TPSA) is 62.2 Å². The van der Waals surface area contributed by atoms with E-state index in [9.17, 15) is 0 Å². The second-order valence-electron chi connectivity index (χ2n) is 2.64. The molecule has 2 N–H and O–H groups in total. The summed E-state index contributed by atoms with van der Waals surface area (Å²) in [6.07, 6.45) is -0.325. The third kappa shape index (κ3) is 0.769. The molecule has 2 fully saturated rings. The van der Waals surface area contributed by atoms with Crippen molar-refractivity contribution in [2.45, 2.75) is 24.4 Å². The number of epoxide rings is 1. The van der Waals surface area contributed by atoms with Crippen molar-refractivity contribution in [3.8, 4) is 0 Å². The van der Waals surface area contributed by atoms with E-state index in [0.29, 0.717) is 0 Å². The van der Waals surface area contributed by atoms with Gasteiger partial charge < -0.3 is 19.7 Å². The molecule has 2 aliphatic heterocycles. The van der Waals surface area contributed by atoms with E-state index in [0.717, 1.165) is 0 Å². The summed E-state index contributed by atoms with van der Waals surface area (Å²) in [5.41, 5.74) is 0. The molecular weight excluding hydrogens is 136 g/mol. The highest BCUT2D eigenvalue weighted by Crippen LogP contribution is 2.38. The number of hydrogen-bond acceptors (Lipinski definition) is 4. The van der Waals surface area contributed by atoms with E-state index in [1.54, 1.807) is 0 Å². The molecule has 2 aliphatic rings. The summed E-state index contributed by atoms with van der Waals surface area (Å²) >= 11 is 0. The molecule has 2 heterocycles. The smallest absolute Gasteiger partial charge is 0.115 e. The number of aliphatic hydroxyl groups excluding tert-OH is 2. The van der Waals surface area contributed by atoms with Crippen molar-refractivity contribution in [2.24, 2.45) is 0 Å². The molecule has 0 aromatic rings. The molecule has 2 rings (SSSR count). The van der Waals surface area contributed by atoms with Gasteiger partial charge in [-0.25, -0.2) is 0 Å². The van der Waals surface area contributed by atoms with Gasteiger partial charge in [-0.05, 0) is 0 Å². The molecule has 0 spiro atoms. The summed E-state index contributed by atoms with van der Waals surface area (Å²) in [5.74, 6) is 0. The predicted octanol–water partition coefficient (Wildman–Crippen LogP) is -1.49. The Bertz CT molecular complexity index is 124. The molecule has 4 heteroatoms. The van der Waals surface area contributed by atoms with E-state index in [-0.39, 0.29) is 37.6 Å². The van der Waals surface area contributed by atoms with Crippen molar-refractivity contribution in [3.05, 3.63) is 0 Å². The van der Waals surface area contributed by atoms with Crippen molar-refractivity contribution in [1.29, 1.82) is 0 Å². The normalized spacial score (nSPS) is 51.0. The van der Waals surface area contributed by atoms with Gasteiger partial charge in [0.2, 0.25) is 0 Å². The van der Waals surface area contributed by atoms with Crippen LogP contribution in [-0.4, -0.2) is 47.8 Å². The summed E-state index contributed by atoms with van der Waals surface area (Å²) in [7, 11) is 0. The molecule has 4 atom stereocenters. The summed E-state index contributed by atoms with van der Waals surface area (Å²) < 4.78 is 10.3. The van der Waals surface area contributed by atoms with E-state index < -0.39 is 0 Å². The molecular formula is C6H10O4. The highest BCUT2D eigenvalue weighted by Gasteiger charge is 2.57. The summed E-state index contributed by atoms with van der Waals surface area (Å²) in [6, 6.07) is 0. The standard InChI is InChI=1S/C6H10O4/c7-1-3-5-6(10-5)4(2-8)9-3/h3-8H,1-2H2/t3?,4?,5-,6+. The van der Waals surface area contributed by atoms with Crippen LogP contribution in [0.4, 0.5) is 0 Å². The highest BCUT2D eigenvalue weighted by atomic mass is 16.7. The number of hydrogen-bond donors (Lipinski definition) is 2. The van der Waals surface area contributed by atoms with Gasteiger partial charge >= 0.3 is 0 Å². The first-order chi connectivity index (χ1) is 4.86. The molecule has 0 aromatic carbocycles. The number of fused-ring (bicyclic) bond motifs is 1. The van der Waals surface area contributed by atoms with Gasteiger partial charge in [-0.15, -0.1) is 0 Å². The van der Waals surface area contributed by atoms with E-state index in [2.05, 4.69) is 0 Å². The lowest BCUT2D eigenvalue weighted by molar-refractivity contribution is -0.0694. The summed E-state index contributed by atoms with van der Waals surface area (Å²) in [5, 5.41) is 17.4. The third-order valence-corrected chi connectivity index (χ3v) is 2.00. The Morgan fingerprint density at radius 1 is 0.900 bits per heavy atom. The van der Waals surface area contributed by atoms with Gasteiger partial charge in [0.25, 0.3) is 0 Å². The molecule has 4 nitrogen and oxygen atoms in total. The fourth-order valence-electron chi connectivity index (χ4n) is 1.41. The van der Waals surface area contributed by atoms with Crippen molar-refractivity contribution in [2.75, 3.05) is 13.2 Å². The van der Waals surface area contributed by atoms with Crippen molar-refractivity contribution in [3.63, 3.8) is 0 Å². The van der Waals surface area contributed by atoms with Crippen LogP contribution in [0.2, 0.25) is 0 Å². The van der Waals surface area contributed by atoms with E-state index in [1.165, 1.54) is 0 Å². The second-order valence-corrected chi connectivity index (χ2v) is 2.64. The second kappa shape index (κ2) is 2.17. The Hall–Kier alpha value is -0.160. The zero-order valence-electron chi connectivity index (χ0n) is 5.43. The average Bonchev–Trinajstić information content (AvgIpc) is 2.67. The largest absolute Gasteiger partial charge is 0.394 e. The lowest BCUT2D eigenvalue weighted by Gasteiger charge is -2.12. The van der Waals surface area contributed by atoms with E-state index in [4.69, 9.17) is 19.7 Å². The van der Waals surface area contributed by atoms with Gasteiger partial charge in [0, 0.05) is 0 Å². The highest BCUT2D eigenvalue weighted by molar-refractivity contribution is 5.02. The summed E-state index contributed by atoms with van der Waals surface area (Å²) in [4.78, 5) is 0. The Kier molecular flexibility index (Phi) is 1.42. The molecule has 58 valence electrons. The summed E-state index contributed by atoms with van der Waals surface area (Å²) in [6.45, 7) is -0.0324. The first-order valence-electron chi connectivity index (χ1n) is 3.39. The number of ether oxygens (including phenoxy) is 2. The predicted molar refractivity (Wildman–Crippen MR) is 31.5 cm³/mol. The molecule has 0 amide bonds. The van der Waals surface area contributed by atoms with Crippen LogP contribution in [-0.2, 0) is 9.47 Å². The van der Waals surface area contributed by atoms with Crippen molar-refractivity contribution in [1.82, 2.24) is 0 Å². The molecule has 0 radical (unpaired) electrons. The maximum atomic E-state index is 8.69. The zero-order valence-corrected chi connectivity index (χ0v) is 5.43. The van der Waals surface area contributed by atoms with Gasteiger partial charge in [-0.3, -0.25) is 0 Å². The molecule has 2 unspecified atom stereocenters. The van der Waals surface area contributed by atoms with Crippen LogP contribution in [0.3, 0.4) is 0 Å². The van der Waals surface area contributed by atoms with Crippen molar-refractivity contribution >= 4 is 0 Å². The molecule has 0 bridgehead atoms. The molecule has 0 aliphatic carbocycles. The first kappa shape index (κ1) is 6.54. The average molecular weight is 146 g/mol. The van der Waals surface area contributed by atoms with Gasteiger partial charge in [0.15, 0.2) is 0 Å². The fraction of sp³-hybridized carbons (Fsp3) is 1.00. The lowest BCUT2D eigenvalue weighted by Crippen LogP contribution is -2.25. The van der Waals surface area contributed by atoms with Gasteiger partial charge in [0.1, 0.15) is 24.4 Å². The van der Waals surface area contributed by atoms with Gasteiger partial charge in [-0.1, -0.05) is 0 Å². The lowest BCUT2D eigenvalue weighted by atomic mass is 10.2. The third-order valence-electron chi connectivity index (χ3n) is 2.00. The van der Waals surface area contributed by atoms with Crippen LogP contribution in [0.5, 0.6) is 0 Å². The quantitative estimate of drug-likeness (QED) is 0.466. The first-order valence-corrected chi connectivity index (χ1v) is 3.39. The fourth-order valence-corrected chi connectivity index (χ4v) is 1.41. The molecule has 10 heavy (non-hydrogen) atoms. The number of aliphatic hydroxyl groups is 2. The molecule has 0 aromatic heterocycles. The SMILES string of the molecule is OCC1OC(CO)[C@@H]2O[C@H]12. The van der Waals surface area contributed by atoms with Crippen LogP contribution >= 0.6 is 0 Å². The van der Waals surface area contributed by atoms with E-state index in [1.807, 2.05) is 0 Å². The minimum absolute atomic E-state index is 0.0162. The van der Waals surface area contributed by atoms with E-state index >= 15 is 0 Å². The Labute approximate surface area is 58.4 Å². The monoisotopic (exact) mass is 146 g/mol. The van der Waals surface area contributed by atoms with Crippen molar-refractivity contribution < 1.29 is 19.7 Å². The molecule has 2 saturated heterocycles. The zero-order chi connectivity index (χ0) is 7.14. The Morgan fingerprint density at radius 2 is 1.40 bits per heavy atom. The van der Waals surface area contributed by atoms with Gasteiger partial charge in [-0.2, -0.15) is 0 Å². The number of rotatable bonds is 2. The maximum Gasteiger partial charge on any atom is 0.115 e. The van der Waals surface area contributed by atoms with Crippen LogP contribution in [0.25, 0.3) is 0 Å². The van der Waals surface area contributed by atoms with Crippen LogP contribution in [0, 0.1) is 0 Å². The van der Waals surface area contributed by atoms with Gasteiger partial charge in [0.05, 0.1) is 13.2 Å². The van der Waals surface area contributed by atoms with Crippen LogP contribution in [0.15, 0.2) is 0 Å². The van der Waals surface area contributed by atoms with Crippen LogP contribution < -0.4 is 0 Å². The Morgan fingerprint density at radius 3 is 1.70 bits per heavy atom. The van der Waals surface area contributed by atoms with Crippen LogP contribution in [0.1, 0.15) is 0 Å². The Balaban J connectivity index is 1.95.